The fraction of sp³-hybridized carbons (Fsp3) is 0.475. The Morgan fingerprint density at radius 2 is 1.01 bits per heavy atom. The Labute approximate surface area is 493 Å². The first-order valence-electron chi connectivity index (χ1n) is 27.6. The van der Waals surface area contributed by atoms with Gasteiger partial charge in [0.25, 0.3) is 0 Å². The van der Waals surface area contributed by atoms with Crippen LogP contribution in [0.4, 0.5) is 4.79 Å². The van der Waals surface area contributed by atoms with E-state index < -0.39 is 137 Å². The summed E-state index contributed by atoms with van der Waals surface area (Å²) >= 11 is 0. The standard InChI is InChI=1S/C59H75N4O21P/c1-38(64)63-50-53(80-41(4)67)52(79-40(3)66)48(36-73-39(2)65)82-57(50)84-85(71,77-35-46-26-16-9-17-27-46)78-37-49-51(74-32-43-20-10-6-11-21-43)54(75-33-44-22-12-7-13-23-44)55(81-42(5)68)58(83-49)72-31-19-30-61-56(69)47(60)28-18-29-62-59(70)76-34-45-24-14-8-15-25-45/h6-17,20-27,47-55,57-58H,18-19,28-37,60H2,1-5H3,(H,61,69)(H,62,70)(H,63,64)/t47-,48+,49+,50+,51+,52+,53+,54-,55-,57+,58-,85?/m0/s1. The second kappa shape index (κ2) is 34.7. The second-order valence-corrected chi connectivity index (χ2v) is 21.3. The Balaban J connectivity index is 1.26. The molecule has 2 aliphatic heterocycles. The van der Waals surface area contributed by atoms with Crippen molar-refractivity contribution in [3.63, 3.8) is 0 Å². The Hall–Kier alpha value is -7.16. The van der Waals surface area contributed by atoms with Gasteiger partial charge in [-0.1, -0.05) is 121 Å². The van der Waals surface area contributed by atoms with Crippen LogP contribution in [0.5, 0.6) is 0 Å². The number of esters is 4. The van der Waals surface area contributed by atoms with Crippen LogP contribution in [0.3, 0.4) is 0 Å². The van der Waals surface area contributed by atoms with Gasteiger partial charge < -0.3 is 69.1 Å². The van der Waals surface area contributed by atoms with Crippen LogP contribution >= 0.6 is 7.82 Å². The summed E-state index contributed by atoms with van der Waals surface area (Å²) in [5, 5.41) is 8.01. The van der Waals surface area contributed by atoms with Crippen molar-refractivity contribution in [2.45, 2.75) is 148 Å². The summed E-state index contributed by atoms with van der Waals surface area (Å²) < 4.78 is 94.0. The number of phosphoric ester groups is 1. The van der Waals surface area contributed by atoms with Crippen molar-refractivity contribution in [3.8, 4) is 0 Å². The lowest BCUT2D eigenvalue weighted by molar-refractivity contribution is -0.318. The number of benzene rings is 4. The molecule has 2 aliphatic rings. The third-order valence-corrected chi connectivity index (χ3v) is 14.2. The first-order valence-corrected chi connectivity index (χ1v) is 29.1. The highest BCUT2D eigenvalue weighted by Crippen LogP contribution is 2.53. The van der Waals surface area contributed by atoms with Gasteiger partial charge in [-0.15, -0.1) is 0 Å². The van der Waals surface area contributed by atoms with Gasteiger partial charge in [0, 0.05) is 47.7 Å². The molecule has 4 aromatic carbocycles. The largest absolute Gasteiger partial charge is 0.477 e. The number of rotatable bonds is 32. The van der Waals surface area contributed by atoms with Crippen LogP contribution in [0.2, 0.25) is 0 Å². The molecule has 26 heteroatoms. The fourth-order valence-electron chi connectivity index (χ4n) is 8.92. The summed E-state index contributed by atoms with van der Waals surface area (Å²) in [5.41, 5.74) is 8.99. The zero-order chi connectivity index (χ0) is 61.1. The number of hydrogen-bond donors (Lipinski definition) is 4. The molecule has 6 rings (SSSR count). The number of carbonyl (C=O) groups excluding carboxylic acids is 7. The molecule has 85 heavy (non-hydrogen) atoms. The molecule has 0 aliphatic carbocycles. The summed E-state index contributed by atoms with van der Waals surface area (Å²) in [6, 6.07) is 33.4. The second-order valence-electron chi connectivity index (χ2n) is 19.7. The summed E-state index contributed by atoms with van der Waals surface area (Å²) in [6.45, 7) is 4.12. The quantitative estimate of drug-likeness (QED) is 0.0206. The van der Waals surface area contributed by atoms with Crippen molar-refractivity contribution >= 4 is 49.6 Å². The Bertz CT molecular complexity index is 2790. The highest BCUT2D eigenvalue weighted by Gasteiger charge is 2.55. The van der Waals surface area contributed by atoms with Gasteiger partial charge in [0.1, 0.15) is 43.7 Å². The van der Waals surface area contributed by atoms with E-state index in [2.05, 4.69) is 16.0 Å². The topological polar surface area (TPSA) is 319 Å². The molecule has 0 radical (unpaired) electrons. The Morgan fingerprint density at radius 3 is 1.56 bits per heavy atom. The van der Waals surface area contributed by atoms with Gasteiger partial charge in [-0.3, -0.25) is 42.3 Å². The average molecular weight is 1210 g/mol. The van der Waals surface area contributed by atoms with Gasteiger partial charge in [0.05, 0.1) is 39.1 Å². The molecule has 1 unspecified atom stereocenters. The van der Waals surface area contributed by atoms with Gasteiger partial charge in [0.15, 0.2) is 30.9 Å². The predicted octanol–water partition coefficient (Wildman–Crippen LogP) is 5.38. The fourth-order valence-corrected chi connectivity index (χ4v) is 10.2. The molecule has 5 N–H and O–H groups in total. The Kier molecular flexibility index (Phi) is 27.3. The van der Waals surface area contributed by atoms with Crippen molar-refractivity contribution in [1.82, 2.24) is 16.0 Å². The number of nitrogens with two attached hydrogens (primary N) is 1. The minimum absolute atomic E-state index is 0.0346. The summed E-state index contributed by atoms with van der Waals surface area (Å²) in [7, 11) is -5.10. The maximum Gasteiger partial charge on any atom is 0.477 e. The van der Waals surface area contributed by atoms with E-state index in [-0.39, 0.29) is 52.4 Å². The van der Waals surface area contributed by atoms with Crippen molar-refractivity contribution < 1.29 is 99.1 Å². The lowest BCUT2D eigenvalue weighted by Crippen LogP contribution is -2.66. The van der Waals surface area contributed by atoms with E-state index in [0.717, 1.165) is 44.4 Å². The molecule has 0 bridgehead atoms. The minimum Gasteiger partial charge on any atom is -0.463 e. The molecule has 0 spiro atoms. The molecule has 2 fully saturated rings. The van der Waals surface area contributed by atoms with Crippen LogP contribution in [-0.4, -0.2) is 142 Å². The molecule has 0 aromatic heterocycles. The Morgan fingerprint density at radius 1 is 0.518 bits per heavy atom. The first-order chi connectivity index (χ1) is 40.9. The van der Waals surface area contributed by atoms with Gasteiger partial charge >= 0.3 is 37.8 Å². The molecule has 2 heterocycles. The summed E-state index contributed by atoms with van der Waals surface area (Å²) in [5.74, 6) is -4.39. The molecule has 25 nitrogen and oxygen atoms in total. The van der Waals surface area contributed by atoms with Crippen molar-refractivity contribution in [1.29, 1.82) is 0 Å². The zero-order valence-electron chi connectivity index (χ0n) is 48.0. The van der Waals surface area contributed by atoms with E-state index in [4.69, 9.17) is 66.7 Å². The molecule has 2 saturated heterocycles. The molecular formula is C59H75N4O21P. The molecule has 4 aromatic rings. The lowest BCUT2D eigenvalue weighted by atomic mass is 9.96. The van der Waals surface area contributed by atoms with Crippen LogP contribution in [0, 0.1) is 0 Å². The number of alkyl carbamates (subject to hydrolysis) is 1. The molecule has 12 atom stereocenters. The van der Waals surface area contributed by atoms with Crippen LogP contribution in [0.15, 0.2) is 121 Å². The zero-order valence-corrected chi connectivity index (χ0v) is 48.9. The van der Waals surface area contributed by atoms with Crippen molar-refractivity contribution in [2.24, 2.45) is 5.73 Å². The number of ether oxygens (including phenoxy) is 10. The van der Waals surface area contributed by atoms with Crippen LogP contribution in [0.25, 0.3) is 0 Å². The monoisotopic (exact) mass is 1210 g/mol. The summed E-state index contributed by atoms with van der Waals surface area (Å²) in [4.78, 5) is 88.5. The predicted molar refractivity (Wildman–Crippen MR) is 300 cm³/mol. The van der Waals surface area contributed by atoms with Gasteiger partial charge in [-0.2, -0.15) is 0 Å². The third-order valence-electron chi connectivity index (χ3n) is 12.8. The maximum atomic E-state index is 15.5. The molecule has 3 amide bonds. The van der Waals surface area contributed by atoms with Gasteiger partial charge in [-0.25, -0.2) is 9.36 Å². The van der Waals surface area contributed by atoms with Gasteiger partial charge in [0.2, 0.25) is 11.8 Å². The molecule has 462 valence electrons. The van der Waals surface area contributed by atoms with E-state index in [1.807, 2.05) is 91.0 Å². The minimum atomic E-state index is -5.10. The maximum absolute atomic E-state index is 15.5. The van der Waals surface area contributed by atoms with Crippen LogP contribution < -0.4 is 21.7 Å². The number of nitrogens with one attached hydrogen (secondary N) is 3. The number of amides is 3. The summed E-state index contributed by atoms with van der Waals surface area (Å²) in [6.07, 6.45) is -12.8. The number of phosphoric acid groups is 1. The van der Waals surface area contributed by atoms with Gasteiger partial charge in [-0.05, 0) is 41.5 Å². The highest BCUT2D eigenvalue weighted by molar-refractivity contribution is 7.48. The van der Waals surface area contributed by atoms with E-state index in [1.54, 1.807) is 30.3 Å². The molecule has 0 saturated carbocycles. The van der Waals surface area contributed by atoms with Crippen LogP contribution in [0.1, 0.15) is 76.1 Å². The van der Waals surface area contributed by atoms with E-state index in [0.29, 0.717) is 12.0 Å². The lowest BCUT2D eigenvalue weighted by Gasteiger charge is -2.46. The van der Waals surface area contributed by atoms with E-state index in [1.165, 1.54) is 6.92 Å². The first kappa shape index (κ1) is 67.0. The average Bonchev–Trinajstić information content (AvgIpc) is 3.48. The normalized spacial score (nSPS) is 22.9. The van der Waals surface area contributed by atoms with Crippen molar-refractivity contribution in [3.05, 3.63) is 144 Å². The third kappa shape index (κ3) is 23.0. The van der Waals surface area contributed by atoms with Crippen molar-refractivity contribution in [2.75, 3.05) is 32.9 Å². The highest BCUT2D eigenvalue weighted by atomic mass is 31.2. The number of hydrogen-bond acceptors (Lipinski definition) is 22. The van der Waals surface area contributed by atoms with Crippen LogP contribution in [-0.2, 0) is 121 Å². The number of carbonyl (C=O) groups is 7. The smallest absolute Gasteiger partial charge is 0.463 e. The van der Waals surface area contributed by atoms with E-state index >= 15 is 4.57 Å². The SMILES string of the molecule is CC(=O)N[C@H]1[C@@H](OP(=O)(OCc2ccccc2)OC[C@H]2O[C@H](OCCCNC(=O)[C@@H](N)CCCNC(=O)OCc3ccccc3)[C@@H](OC(C)=O)[C@@H](OCc3ccccc3)[C@@H]2OCc2ccccc2)O[C@H](COC(C)=O)[C@@H](OC(C)=O)[C@@H]1OC(C)=O. The molecular weight excluding hydrogens is 1130 g/mol. The van der Waals surface area contributed by atoms with E-state index in [9.17, 15) is 33.6 Å².